The summed E-state index contributed by atoms with van der Waals surface area (Å²) in [5, 5.41) is 7.83. The summed E-state index contributed by atoms with van der Waals surface area (Å²) in [6, 6.07) is 14.0. The van der Waals surface area contributed by atoms with Crippen molar-refractivity contribution in [2.45, 2.75) is 37.4 Å². The van der Waals surface area contributed by atoms with E-state index in [2.05, 4.69) is 34.2 Å². The number of nitrogens with one attached hydrogen (secondary N) is 1. The molecule has 32 heavy (non-hydrogen) atoms. The molecule has 0 spiro atoms. The predicted octanol–water partition coefficient (Wildman–Crippen LogP) is 4.51. The summed E-state index contributed by atoms with van der Waals surface area (Å²) >= 11 is 1.35. The first-order valence-corrected chi connectivity index (χ1v) is 11.8. The molecular formula is C24H28N4O3S. The first kappa shape index (κ1) is 22.2. The van der Waals surface area contributed by atoms with E-state index in [0.717, 1.165) is 48.4 Å². The molecule has 168 valence electrons. The van der Waals surface area contributed by atoms with E-state index in [4.69, 9.17) is 9.47 Å². The van der Waals surface area contributed by atoms with E-state index in [-0.39, 0.29) is 17.7 Å². The molecular weight excluding hydrogens is 424 g/mol. The molecule has 1 amide bonds. The van der Waals surface area contributed by atoms with Crippen LogP contribution in [0.5, 0.6) is 11.5 Å². The van der Waals surface area contributed by atoms with Crippen molar-refractivity contribution in [2.75, 3.05) is 26.5 Å². The van der Waals surface area contributed by atoms with Crippen molar-refractivity contribution >= 4 is 17.7 Å². The summed E-state index contributed by atoms with van der Waals surface area (Å²) in [4.78, 5) is 19.6. The number of aromatic amines is 1. The van der Waals surface area contributed by atoms with Crippen molar-refractivity contribution in [1.82, 2.24) is 20.1 Å². The highest BCUT2D eigenvalue weighted by Gasteiger charge is 2.32. The zero-order chi connectivity index (χ0) is 22.5. The summed E-state index contributed by atoms with van der Waals surface area (Å²) in [6.07, 6.45) is 2.86. The van der Waals surface area contributed by atoms with Gasteiger partial charge >= 0.3 is 0 Å². The van der Waals surface area contributed by atoms with E-state index in [1.165, 1.54) is 17.3 Å². The molecule has 1 saturated heterocycles. The normalized spacial score (nSPS) is 15.7. The average Bonchev–Trinajstić information content (AvgIpc) is 3.52. The smallest absolute Gasteiger partial charge is 0.233 e. The highest BCUT2D eigenvalue weighted by Crippen LogP contribution is 2.39. The second-order valence-corrected chi connectivity index (χ2v) is 8.60. The number of methoxy groups -OCH3 is 2. The number of rotatable bonds is 8. The van der Waals surface area contributed by atoms with Gasteiger partial charge in [-0.15, -0.1) is 5.10 Å². The van der Waals surface area contributed by atoms with Gasteiger partial charge in [0.05, 0.1) is 26.0 Å². The Balaban J connectivity index is 1.42. The summed E-state index contributed by atoms with van der Waals surface area (Å²) in [6.45, 7) is 2.86. The summed E-state index contributed by atoms with van der Waals surface area (Å²) in [7, 11) is 3.29. The van der Waals surface area contributed by atoms with Gasteiger partial charge in [-0.05, 0) is 43.0 Å². The zero-order valence-electron chi connectivity index (χ0n) is 18.6. The molecule has 0 bridgehead atoms. The number of aryl methyl sites for hydroxylation is 1. The highest BCUT2D eigenvalue weighted by atomic mass is 32.2. The Morgan fingerprint density at radius 1 is 1.19 bits per heavy atom. The number of carbonyl (C=O) groups excluding carboxylic acids is 1. The van der Waals surface area contributed by atoms with Crippen LogP contribution < -0.4 is 9.47 Å². The number of benzene rings is 2. The van der Waals surface area contributed by atoms with E-state index < -0.39 is 0 Å². The van der Waals surface area contributed by atoms with Crippen molar-refractivity contribution < 1.29 is 14.3 Å². The molecule has 0 aliphatic carbocycles. The third-order valence-corrected chi connectivity index (χ3v) is 6.63. The highest BCUT2D eigenvalue weighted by molar-refractivity contribution is 7.99. The zero-order valence-corrected chi connectivity index (χ0v) is 19.4. The second-order valence-electron chi connectivity index (χ2n) is 7.66. The lowest BCUT2D eigenvalue weighted by molar-refractivity contribution is -0.129. The molecule has 0 unspecified atom stereocenters. The van der Waals surface area contributed by atoms with Crippen molar-refractivity contribution in [2.24, 2.45) is 0 Å². The lowest BCUT2D eigenvalue weighted by atomic mass is 10.0. The molecule has 1 aliphatic rings. The van der Waals surface area contributed by atoms with Gasteiger partial charge in [0, 0.05) is 17.7 Å². The quantitative estimate of drug-likeness (QED) is 0.507. The minimum absolute atomic E-state index is 0.0204. The Bertz CT molecular complexity index is 1070. The van der Waals surface area contributed by atoms with Crippen molar-refractivity contribution in [3.8, 4) is 22.9 Å². The van der Waals surface area contributed by atoms with Gasteiger partial charge in [0.25, 0.3) is 0 Å². The maximum atomic E-state index is 13.1. The van der Waals surface area contributed by atoms with Gasteiger partial charge in [0.1, 0.15) is 11.5 Å². The number of H-pyrrole nitrogens is 1. The van der Waals surface area contributed by atoms with E-state index in [1.807, 2.05) is 35.2 Å². The van der Waals surface area contributed by atoms with Crippen LogP contribution in [0.1, 0.15) is 36.9 Å². The predicted molar refractivity (Wildman–Crippen MR) is 125 cm³/mol. The number of ether oxygens (including phenoxy) is 2. The standard InChI is InChI=1S/C24H28N4O3S/c1-4-16-7-9-17(10-8-16)23-25-24(27-26-23)32-15-22(29)28-13-5-6-20(28)19-14-18(30-2)11-12-21(19)31-3/h7-12,14,20H,4-6,13,15H2,1-3H3,(H,25,26,27)/t20-/m1/s1. The second kappa shape index (κ2) is 10.1. The van der Waals surface area contributed by atoms with Crippen LogP contribution >= 0.6 is 11.8 Å². The number of nitrogens with zero attached hydrogens (tertiary/aromatic N) is 3. The van der Waals surface area contributed by atoms with Crippen LogP contribution in [0.4, 0.5) is 0 Å². The van der Waals surface area contributed by atoms with Crippen molar-refractivity contribution in [1.29, 1.82) is 0 Å². The molecule has 0 saturated carbocycles. The number of thioether (sulfide) groups is 1. The van der Waals surface area contributed by atoms with Crippen LogP contribution in [-0.2, 0) is 11.2 Å². The maximum Gasteiger partial charge on any atom is 0.233 e. The third-order valence-electron chi connectivity index (χ3n) is 5.79. The average molecular weight is 453 g/mol. The first-order chi connectivity index (χ1) is 15.6. The fourth-order valence-corrected chi connectivity index (χ4v) is 4.72. The Labute approximate surface area is 192 Å². The molecule has 7 nitrogen and oxygen atoms in total. The molecule has 1 aliphatic heterocycles. The molecule has 2 aromatic carbocycles. The van der Waals surface area contributed by atoms with Gasteiger partial charge in [-0.25, -0.2) is 4.98 Å². The number of amides is 1. The molecule has 0 radical (unpaired) electrons. The van der Waals surface area contributed by atoms with Gasteiger partial charge in [-0.2, -0.15) is 0 Å². The monoisotopic (exact) mass is 452 g/mol. The number of hydrogen-bond donors (Lipinski definition) is 1. The number of aromatic nitrogens is 3. The van der Waals surface area contributed by atoms with E-state index in [0.29, 0.717) is 11.0 Å². The van der Waals surface area contributed by atoms with Crippen molar-refractivity contribution in [3.05, 3.63) is 53.6 Å². The fraction of sp³-hybridized carbons (Fsp3) is 0.375. The van der Waals surface area contributed by atoms with Crippen LogP contribution in [0, 0.1) is 0 Å². The summed E-state index contributed by atoms with van der Waals surface area (Å²) in [5.41, 5.74) is 3.25. The van der Waals surface area contributed by atoms with Gasteiger partial charge in [-0.3, -0.25) is 9.89 Å². The third kappa shape index (κ3) is 4.75. The van der Waals surface area contributed by atoms with Crippen LogP contribution in [0.3, 0.4) is 0 Å². The van der Waals surface area contributed by atoms with Crippen LogP contribution in [0.2, 0.25) is 0 Å². The molecule has 3 aromatic rings. The molecule has 1 N–H and O–H groups in total. The Morgan fingerprint density at radius 3 is 2.72 bits per heavy atom. The number of hydrogen-bond acceptors (Lipinski definition) is 6. The van der Waals surface area contributed by atoms with Gasteiger partial charge < -0.3 is 14.4 Å². The maximum absolute atomic E-state index is 13.1. The summed E-state index contributed by atoms with van der Waals surface area (Å²) < 4.78 is 10.9. The Hall–Kier alpha value is -3.00. The first-order valence-electron chi connectivity index (χ1n) is 10.8. The van der Waals surface area contributed by atoms with Crippen LogP contribution in [-0.4, -0.2) is 52.5 Å². The Morgan fingerprint density at radius 2 is 2.00 bits per heavy atom. The summed E-state index contributed by atoms with van der Waals surface area (Å²) in [5.74, 6) is 2.60. The van der Waals surface area contributed by atoms with Gasteiger partial charge in [0.2, 0.25) is 11.1 Å². The van der Waals surface area contributed by atoms with Gasteiger partial charge in [0.15, 0.2) is 5.82 Å². The van der Waals surface area contributed by atoms with Crippen molar-refractivity contribution in [3.63, 3.8) is 0 Å². The largest absolute Gasteiger partial charge is 0.497 e. The number of carbonyl (C=O) groups is 1. The number of likely N-dealkylation sites (tertiary alicyclic amines) is 1. The van der Waals surface area contributed by atoms with Crippen LogP contribution in [0.25, 0.3) is 11.4 Å². The van der Waals surface area contributed by atoms with E-state index in [1.54, 1.807) is 14.2 Å². The lowest BCUT2D eigenvalue weighted by Gasteiger charge is -2.26. The SMILES string of the molecule is CCc1ccc(-c2nc(SCC(=O)N3CCC[C@@H]3c3cc(OC)ccc3OC)n[nH]2)cc1. The minimum Gasteiger partial charge on any atom is -0.497 e. The molecule has 4 rings (SSSR count). The fourth-order valence-electron chi connectivity index (χ4n) is 4.04. The molecule has 2 heterocycles. The lowest BCUT2D eigenvalue weighted by Crippen LogP contribution is -2.32. The molecule has 1 atom stereocenters. The van der Waals surface area contributed by atoms with Crippen LogP contribution in [0.15, 0.2) is 47.6 Å². The van der Waals surface area contributed by atoms with Gasteiger partial charge in [-0.1, -0.05) is 43.0 Å². The minimum atomic E-state index is -0.0204. The topological polar surface area (TPSA) is 80.3 Å². The molecule has 1 aromatic heterocycles. The Kier molecular flexibility index (Phi) is 6.99. The van der Waals surface area contributed by atoms with E-state index in [9.17, 15) is 4.79 Å². The van der Waals surface area contributed by atoms with E-state index >= 15 is 0 Å². The molecule has 1 fully saturated rings. The molecule has 8 heteroatoms.